The summed E-state index contributed by atoms with van der Waals surface area (Å²) < 4.78 is 5.45. The second-order valence-electron chi connectivity index (χ2n) is 4.69. The summed E-state index contributed by atoms with van der Waals surface area (Å²) in [6.45, 7) is 0.829. The average Bonchev–Trinajstić information content (AvgIpc) is 3.00. The molecule has 1 aliphatic heterocycles. The van der Waals surface area contributed by atoms with Crippen molar-refractivity contribution in [3.8, 4) is 6.07 Å². The minimum Gasteiger partial charge on any atom is -0.378 e. The molecule has 0 aromatic rings. The van der Waals surface area contributed by atoms with Gasteiger partial charge in [0.25, 0.3) is 0 Å². The lowest BCUT2D eigenvalue weighted by molar-refractivity contribution is -0.122. The van der Waals surface area contributed by atoms with Crippen molar-refractivity contribution in [3.63, 3.8) is 0 Å². The molecule has 0 radical (unpaired) electrons. The maximum absolute atomic E-state index is 11.6. The van der Waals surface area contributed by atoms with Crippen molar-refractivity contribution in [2.75, 3.05) is 6.61 Å². The Morgan fingerprint density at radius 1 is 1.50 bits per heavy atom. The van der Waals surface area contributed by atoms with Crippen LogP contribution in [-0.2, 0) is 9.53 Å². The van der Waals surface area contributed by atoms with E-state index in [1.54, 1.807) is 0 Å². The Bertz CT molecular complexity index is 288. The van der Waals surface area contributed by atoms with E-state index in [4.69, 9.17) is 10.00 Å². The number of hydrogen-bond donors (Lipinski definition) is 1. The lowest BCUT2D eigenvalue weighted by Crippen LogP contribution is -2.35. The topological polar surface area (TPSA) is 62.1 Å². The summed E-state index contributed by atoms with van der Waals surface area (Å²) in [5, 5.41) is 11.7. The lowest BCUT2D eigenvalue weighted by atomic mass is 10.1. The molecule has 1 saturated carbocycles. The molecule has 88 valence electrons. The van der Waals surface area contributed by atoms with Gasteiger partial charge in [0.05, 0.1) is 12.2 Å². The van der Waals surface area contributed by atoms with E-state index in [-0.39, 0.29) is 18.1 Å². The van der Waals surface area contributed by atoms with Crippen LogP contribution in [0.4, 0.5) is 0 Å². The third-order valence-corrected chi connectivity index (χ3v) is 3.27. The van der Waals surface area contributed by atoms with E-state index in [0.29, 0.717) is 12.3 Å². The van der Waals surface area contributed by atoms with Gasteiger partial charge in [0.2, 0.25) is 5.91 Å². The van der Waals surface area contributed by atoms with Gasteiger partial charge in [-0.15, -0.1) is 0 Å². The van der Waals surface area contributed by atoms with Crippen LogP contribution in [0.15, 0.2) is 0 Å². The molecule has 2 fully saturated rings. The van der Waals surface area contributed by atoms with Crippen molar-refractivity contribution in [2.24, 2.45) is 5.92 Å². The quantitative estimate of drug-likeness (QED) is 0.764. The molecule has 1 amide bonds. The molecule has 0 spiro atoms. The predicted octanol–water partition coefficient (Wildman–Crippen LogP) is 1.36. The fourth-order valence-corrected chi connectivity index (χ4v) is 2.09. The summed E-state index contributed by atoms with van der Waals surface area (Å²) in [4.78, 5) is 11.6. The second-order valence-corrected chi connectivity index (χ2v) is 4.69. The summed E-state index contributed by atoms with van der Waals surface area (Å²) in [6.07, 6.45) is 5.85. The van der Waals surface area contributed by atoms with Crippen LogP contribution in [0, 0.1) is 17.2 Å². The fraction of sp³-hybridized carbons (Fsp3) is 0.833. The molecular weight excluding hydrogens is 204 g/mol. The number of nitrogens with one attached hydrogen (secondary N) is 1. The van der Waals surface area contributed by atoms with Crippen molar-refractivity contribution >= 4 is 5.91 Å². The Balaban J connectivity index is 1.65. The van der Waals surface area contributed by atoms with Crippen LogP contribution in [0.3, 0.4) is 0 Å². The van der Waals surface area contributed by atoms with Crippen molar-refractivity contribution < 1.29 is 9.53 Å². The first-order valence-corrected chi connectivity index (χ1v) is 6.10. The molecule has 1 N–H and O–H groups in total. The van der Waals surface area contributed by atoms with Gasteiger partial charge >= 0.3 is 0 Å². The van der Waals surface area contributed by atoms with Gasteiger partial charge in [0.1, 0.15) is 6.04 Å². The van der Waals surface area contributed by atoms with Crippen LogP contribution in [-0.4, -0.2) is 24.7 Å². The van der Waals surface area contributed by atoms with Gasteiger partial charge in [-0.1, -0.05) is 0 Å². The Labute approximate surface area is 96.0 Å². The standard InChI is InChI=1S/C12H18N2O2/c13-8-11(9-3-4-9)14-12(15)6-5-10-2-1-7-16-10/h9-11H,1-7H2,(H,14,15). The van der Waals surface area contributed by atoms with Gasteiger partial charge < -0.3 is 10.1 Å². The molecule has 2 aliphatic rings. The molecule has 4 nitrogen and oxygen atoms in total. The largest absolute Gasteiger partial charge is 0.378 e. The van der Waals surface area contributed by atoms with E-state index in [1.165, 1.54) is 0 Å². The van der Waals surface area contributed by atoms with Gasteiger partial charge in [-0.25, -0.2) is 0 Å². The zero-order valence-electron chi connectivity index (χ0n) is 9.45. The minimum atomic E-state index is -0.267. The normalized spacial score (nSPS) is 26.1. The van der Waals surface area contributed by atoms with Gasteiger partial charge in [0.15, 0.2) is 0 Å². The Morgan fingerprint density at radius 3 is 2.88 bits per heavy atom. The zero-order chi connectivity index (χ0) is 11.4. The van der Waals surface area contributed by atoms with Crippen LogP contribution < -0.4 is 5.32 Å². The number of carbonyl (C=O) groups is 1. The van der Waals surface area contributed by atoms with Gasteiger partial charge in [-0.2, -0.15) is 5.26 Å². The van der Waals surface area contributed by atoms with Gasteiger partial charge in [-0.05, 0) is 38.0 Å². The minimum absolute atomic E-state index is 0.00560. The molecule has 0 bridgehead atoms. The van der Waals surface area contributed by atoms with Crippen molar-refractivity contribution in [2.45, 2.75) is 50.7 Å². The van der Waals surface area contributed by atoms with Crippen LogP contribution >= 0.6 is 0 Å². The third-order valence-electron chi connectivity index (χ3n) is 3.27. The molecule has 16 heavy (non-hydrogen) atoms. The Hall–Kier alpha value is -1.08. The Kier molecular flexibility index (Phi) is 3.79. The highest BCUT2D eigenvalue weighted by molar-refractivity contribution is 5.76. The fourth-order valence-electron chi connectivity index (χ4n) is 2.09. The predicted molar refractivity (Wildman–Crippen MR) is 58.5 cm³/mol. The molecule has 2 atom stereocenters. The molecule has 2 rings (SSSR count). The molecule has 0 aromatic carbocycles. The first-order valence-electron chi connectivity index (χ1n) is 6.10. The van der Waals surface area contributed by atoms with E-state index < -0.39 is 0 Å². The van der Waals surface area contributed by atoms with Crippen molar-refractivity contribution in [1.29, 1.82) is 5.26 Å². The molecule has 1 aliphatic carbocycles. The summed E-state index contributed by atoms with van der Waals surface area (Å²) >= 11 is 0. The maximum Gasteiger partial charge on any atom is 0.221 e. The second kappa shape index (κ2) is 5.31. The number of nitriles is 1. The molecule has 4 heteroatoms. The number of nitrogens with zero attached hydrogens (tertiary/aromatic N) is 1. The molecule has 2 unspecified atom stereocenters. The first kappa shape index (κ1) is 11.4. The molecule has 1 heterocycles. The number of amides is 1. The number of ether oxygens (including phenoxy) is 1. The van der Waals surface area contributed by atoms with Crippen molar-refractivity contribution in [3.05, 3.63) is 0 Å². The van der Waals surface area contributed by atoms with Gasteiger partial charge in [0, 0.05) is 13.0 Å². The number of rotatable bonds is 5. The van der Waals surface area contributed by atoms with E-state index in [9.17, 15) is 4.79 Å². The van der Waals surface area contributed by atoms with E-state index in [1.807, 2.05) is 0 Å². The van der Waals surface area contributed by atoms with E-state index in [2.05, 4.69) is 11.4 Å². The molecule has 0 aromatic heterocycles. The smallest absolute Gasteiger partial charge is 0.221 e. The summed E-state index contributed by atoms with van der Waals surface area (Å²) in [5.74, 6) is 0.394. The van der Waals surface area contributed by atoms with Crippen LogP contribution in [0.25, 0.3) is 0 Å². The Morgan fingerprint density at radius 2 is 2.31 bits per heavy atom. The van der Waals surface area contributed by atoms with Crippen LogP contribution in [0.2, 0.25) is 0 Å². The zero-order valence-corrected chi connectivity index (χ0v) is 9.45. The van der Waals surface area contributed by atoms with Crippen LogP contribution in [0.1, 0.15) is 38.5 Å². The number of carbonyl (C=O) groups excluding carboxylic acids is 1. The van der Waals surface area contributed by atoms with Gasteiger partial charge in [-0.3, -0.25) is 4.79 Å². The molecule has 1 saturated heterocycles. The number of hydrogen-bond acceptors (Lipinski definition) is 3. The molecular formula is C12H18N2O2. The third kappa shape index (κ3) is 3.21. The summed E-state index contributed by atoms with van der Waals surface area (Å²) in [7, 11) is 0. The highest BCUT2D eigenvalue weighted by Crippen LogP contribution is 2.32. The highest BCUT2D eigenvalue weighted by Gasteiger charge is 2.32. The first-order chi connectivity index (χ1) is 7.79. The summed E-state index contributed by atoms with van der Waals surface area (Å²) in [6, 6.07) is 1.89. The van der Waals surface area contributed by atoms with Crippen molar-refractivity contribution in [1.82, 2.24) is 5.32 Å². The maximum atomic E-state index is 11.6. The van der Waals surface area contributed by atoms with Crippen LogP contribution in [0.5, 0.6) is 0 Å². The SMILES string of the molecule is N#CC(NC(=O)CCC1CCCO1)C1CC1. The van der Waals surface area contributed by atoms with E-state index >= 15 is 0 Å². The monoisotopic (exact) mass is 222 g/mol. The lowest BCUT2D eigenvalue weighted by Gasteiger charge is -2.12. The summed E-state index contributed by atoms with van der Waals surface area (Å²) in [5.41, 5.74) is 0. The van der Waals surface area contributed by atoms with E-state index in [0.717, 1.165) is 38.7 Å². The highest BCUT2D eigenvalue weighted by atomic mass is 16.5. The average molecular weight is 222 g/mol.